The molecule has 0 saturated heterocycles. The van der Waals surface area contributed by atoms with Gasteiger partial charge in [0.15, 0.2) is 0 Å². The Morgan fingerprint density at radius 1 is 0.974 bits per heavy atom. The number of carbonyl (C=O) groups is 1. The maximum Gasteiger partial charge on any atom is 0.337 e. The first-order chi connectivity index (χ1) is 19.0. The molecule has 0 unspecified atom stereocenters. The standard InChI is InChI=1S/C30H30N6O3/c1-3-5-10-23-19-36(27-21(4-2)9-8-13-26(27)29(37)38)30(39)35(23)18-20-14-16-22(17-15-20)24-11-6-7-12-25(24)28-31-33-34-32-28/h6-9,11-17,19H,3-5,10,18H2,1-2H3,(H,37,38)(H,31,32,33,34). The van der Waals surface area contributed by atoms with E-state index in [1.54, 1.807) is 16.7 Å². The van der Waals surface area contributed by atoms with Crippen LogP contribution in [-0.2, 0) is 19.4 Å². The summed E-state index contributed by atoms with van der Waals surface area (Å²) in [4.78, 5) is 25.8. The molecular weight excluding hydrogens is 492 g/mol. The molecule has 0 aliphatic heterocycles. The third-order valence-corrected chi connectivity index (χ3v) is 6.94. The van der Waals surface area contributed by atoms with Crippen molar-refractivity contribution in [2.75, 3.05) is 0 Å². The fourth-order valence-electron chi connectivity index (χ4n) is 4.93. The maximum absolute atomic E-state index is 13.8. The predicted molar refractivity (Wildman–Crippen MR) is 149 cm³/mol. The Bertz CT molecular complexity index is 1650. The molecule has 0 spiro atoms. The molecule has 5 rings (SSSR count). The van der Waals surface area contributed by atoms with E-state index in [4.69, 9.17) is 0 Å². The van der Waals surface area contributed by atoms with E-state index in [0.29, 0.717) is 24.5 Å². The molecule has 9 nitrogen and oxygen atoms in total. The number of rotatable bonds is 10. The van der Waals surface area contributed by atoms with Gasteiger partial charge in [0.25, 0.3) is 0 Å². The molecule has 0 radical (unpaired) electrons. The van der Waals surface area contributed by atoms with Gasteiger partial charge in [-0.25, -0.2) is 9.59 Å². The number of nitrogens with zero attached hydrogens (tertiary/aromatic N) is 5. The number of hydrogen-bond donors (Lipinski definition) is 2. The van der Waals surface area contributed by atoms with Crippen LogP contribution in [-0.4, -0.2) is 40.8 Å². The topological polar surface area (TPSA) is 119 Å². The molecule has 39 heavy (non-hydrogen) atoms. The highest BCUT2D eigenvalue weighted by atomic mass is 16.4. The minimum absolute atomic E-state index is 0.125. The zero-order valence-electron chi connectivity index (χ0n) is 22.0. The van der Waals surface area contributed by atoms with E-state index in [2.05, 4.69) is 27.5 Å². The van der Waals surface area contributed by atoms with Crippen molar-refractivity contribution in [3.8, 4) is 28.2 Å². The van der Waals surface area contributed by atoms with Crippen LogP contribution in [0.1, 0.15) is 53.9 Å². The molecule has 2 N–H and O–H groups in total. The molecule has 0 amide bonds. The minimum atomic E-state index is -1.05. The molecule has 9 heteroatoms. The summed E-state index contributed by atoms with van der Waals surface area (Å²) in [5.41, 5.74) is 5.86. The first kappa shape index (κ1) is 25.8. The minimum Gasteiger partial charge on any atom is -0.478 e. The van der Waals surface area contributed by atoms with Crippen LogP contribution < -0.4 is 5.69 Å². The summed E-state index contributed by atoms with van der Waals surface area (Å²) in [6.45, 7) is 4.46. The molecule has 198 valence electrons. The first-order valence-corrected chi connectivity index (χ1v) is 13.1. The lowest BCUT2D eigenvalue weighted by atomic mass is 9.98. The number of unbranched alkanes of at least 4 members (excludes halogenated alkanes) is 1. The van der Waals surface area contributed by atoms with Crippen LogP contribution in [0.25, 0.3) is 28.2 Å². The first-order valence-electron chi connectivity index (χ1n) is 13.1. The lowest BCUT2D eigenvalue weighted by Crippen LogP contribution is -2.26. The van der Waals surface area contributed by atoms with E-state index < -0.39 is 5.97 Å². The average molecular weight is 523 g/mol. The number of aromatic amines is 1. The van der Waals surface area contributed by atoms with Crippen LogP contribution in [0.15, 0.2) is 77.7 Å². The molecule has 0 aliphatic rings. The largest absolute Gasteiger partial charge is 0.478 e. The highest BCUT2D eigenvalue weighted by Gasteiger charge is 2.20. The second-order valence-corrected chi connectivity index (χ2v) is 9.41. The monoisotopic (exact) mass is 522 g/mol. The van der Waals surface area contributed by atoms with Gasteiger partial charge in [-0.05, 0) is 52.8 Å². The lowest BCUT2D eigenvalue weighted by molar-refractivity contribution is 0.0696. The lowest BCUT2D eigenvalue weighted by Gasteiger charge is -2.12. The molecule has 0 aliphatic carbocycles. The van der Waals surface area contributed by atoms with Crippen molar-refractivity contribution in [2.24, 2.45) is 0 Å². The van der Waals surface area contributed by atoms with Crippen molar-refractivity contribution in [2.45, 2.75) is 46.1 Å². The van der Waals surface area contributed by atoms with E-state index in [0.717, 1.165) is 52.8 Å². The van der Waals surface area contributed by atoms with Crippen LogP contribution in [0.4, 0.5) is 0 Å². The number of benzene rings is 3. The molecule has 0 bridgehead atoms. The number of tetrazole rings is 1. The van der Waals surface area contributed by atoms with Gasteiger partial charge in [0, 0.05) is 17.5 Å². The van der Waals surface area contributed by atoms with Gasteiger partial charge in [0.05, 0.1) is 17.8 Å². The van der Waals surface area contributed by atoms with E-state index in [1.165, 1.54) is 4.57 Å². The number of carboxylic acid groups (broad SMARTS) is 1. The van der Waals surface area contributed by atoms with Gasteiger partial charge < -0.3 is 5.11 Å². The zero-order valence-corrected chi connectivity index (χ0v) is 22.0. The number of carboxylic acids is 1. The molecule has 3 aromatic carbocycles. The van der Waals surface area contributed by atoms with Gasteiger partial charge in [-0.1, -0.05) is 80.9 Å². The second kappa shape index (κ2) is 11.3. The Labute approximate surface area is 225 Å². The van der Waals surface area contributed by atoms with Crippen molar-refractivity contribution < 1.29 is 9.90 Å². The summed E-state index contributed by atoms with van der Waals surface area (Å²) in [5.74, 6) is -0.525. The van der Waals surface area contributed by atoms with Gasteiger partial charge in [-0.3, -0.25) is 9.13 Å². The molecule has 0 saturated carbocycles. The molecule has 2 aromatic heterocycles. The molecule has 2 heterocycles. The number of aromatic carboxylic acids is 1. The zero-order chi connectivity index (χ0) is 27.4. The van der Waals surface area contributed by atoms with Gasteiger partial charge in [0.1, 0.15) is 0 Å². The van der Waals surface area contributed by atoms with E-state index in [1.807, 2.05) is 67.7 Å². The van der Waals surface area contributed by atoms with Crippen LogP contribution in [0, 0.1) is 0 Å². The Kier molecular flexibility index (Phi) is 7.49. The fourth-order valence-corrected chi connectivity index (χ4v) is 4.93. The van der Waals surface area contributed by atoms with Crippen molar-refractivity contribution >= 4 is 5.97 Å². The Balaban J connectivity index is 1.53. The number of imidazole rings is 1. The molecule has 0 atom stereocenters. The highest BCUT2D eigenvalue weighted by molar-refractivity contribution is 5.92. The molecule has 5 aromatic rings. The SMILES string of the molecule is CCCCc1cn(-c2c(CC)cccc2C(=O)O)c(=O)n1Cc1ccc(-c2ccccc2-c2nn[nH]n2)cc1. The van der Waals surface area contributed by atoms with Crippen molar-refractivity contribution in [1.29, 1.82) is 0 Å². The van der Waals surface area contributed by atoms with Crippen LogP contribution in [0.2, 0.25) is 0 Å². The summed E-state index contributed by atoms with van der Waals surface area (Å²) in [6, 6.07) is 21.1. The van der Waals surface area contributed by atoms with Crippen molar-refractivity contribution in [3.63, 3.8) is 0 Å². The predicted octanol–water partition coefficient (Wildman–Crippen LogP) is 5.14. The summed E-state index contributed by atoms with van der Waals surface area (Å²) in [5, 5.41) is 24.3. The number of nitrogens with one attached hydrogen (secondary N) is 1. The maximum atomic E-state index is 13.8. The Morgan fingerprint density at radius 2 is 1.74 bits per heavy atom. The van der Waals surface area contributed by atoms with Crippen LogP contribution >= 0.6 is 0 Å². The van der Waals surface area contributed by atoms with Gasteiger partial charge in [-0.2, -0.15) is 5.21 Å². The van der Waals surface area contributed by atoms with Crippen LogP contribution in [0.5, 0.6) is 0 Å². The summed E-state index contributed by atoms with van der Waals surface area (Å²) in [7, 11) is 0. The Morgan fingerprint density at radius 3 is 2.41 bits per heavy atom. The number of aryl methyl sites for hydroxylation is 2. The molecular formula is C30H30N6O3. The third-order valence-electron chi connectivity index (χ3n) is 6.94. The van der Waals surface area contributed by atoms with Gasteiger partial charge in [0.2, 0.25) is 5.82 Å². The second-order valence-electron chi connectivity index (χ2n) is 9.41. The van der Waals surface area contributed by atoms with E-state index in [-0.39, 0.29) is 11.3 Å². The number of hydrogen-bond acceptors (Lipinski definition) is 5. The van der Waals surface area contributed by atoms with Crippen molar-refractivity contribution in [1.82, 2.24) is 29.8 Å². The average Bonchev–Trinajstić information content (AvgIpc) is 3.61. The van der Waals surface area contributed by atoms with Gasteiger partial charge >= 0.3 is 11.7 Å². The van der Waals surface area contributed by atoms with E-state index in [9.17, 15) is 14.7 Å². The van der Waals surface area contributed by atoms with E-state index >= 15 is 0 Å². The van der Waals surface area contributed by atoms with Gasteiger partial charge in [-0.15, -0.1) is 10.2 Å². The normalized spacial score (nSPS) is 11.1. The summed E-state index contributed by atoms with van der Waals surface area (Å²) < 4.78 is 3.28. The highest BCUT2D eigenvalue weighted by Crippen LogP contribution is 2.30. The number of para-hydroxylation sites is 1. The third kappa shape index (κ3) is 5.16. The smallest absolute Gasteiger partial charge is 0.337 e. The molecule has 0 fully saturated rings. The van der Waals surface area contributed by atoms with Crippen molar-refractivity contribution in [3.05, 3.63) is 106 Å². The Hall–Kier alpha value is -4.79. The fraction of sp³-hybridized carbons (Fsp3) is 0.233. The quantitative estimate of drug-likeness (QED) is 0.262. The van der Waals surface area contributed by atoms with Crippen LogP contribution in [0.3, 0.4) is 0 Å². The summed E-state index contributed by atoms with van der Waals surface area (Å²) in [6.07, 6.45) is 5.07. The number of aromatic nitrogens is 6. The summed E-state index contributed by atoms with van der Waals surface area (Å²) >= 11 is 0. The number of H-pyrrole nitrogens is 1.